The summed E-state index contributed by atoms with van der Waals surface area (Å²) in [6, 6.07) is 3.86. The highest BCUT2D eigenvalue weighted by Gasteiger charge is 2.22. The van der Waals surface area contributed by atoms with Crippen molar-refractivity contribution in [2.24, 2.45) is 0 Å². The van der Waals surface area contributed by atoms with Crippen LogP contribution >= 0.6 is 0 Å². The largest absolute Gasteiger partial charge is 0.395 e. The Morgan fingerprint density at radius 2 is 2.14 bits per heavy atom. The van der Waals surface area contributed by atoms with Crippen LogP contribution in [0, 0.1) is 11.6 Å². The third kappa shape index (κ3) is 5.02. The predicted octanol–water partition coefficient (Wildman–Crippen LogP) is 2.29. The van der Waals surface area contributed by atoms with Gasteiger partial charge in [-0.25, -0.2) is 8.78 Å². The molecule has 2 N–H and O–H groups in total. The van der Waals surface area contributed by atoms with Crippen molar-refractivity contribution in [1.82, 2.24) is 10.2 Å². The van der Waals surface area contributed by atoms with E-state index >= 15 is 0 Å². The molecular formula is C16H24F2N2O. The first-order valence-corrected chi connectivity index (χ1v) is 7.70. The molecule has 0 saturated carbocycles. The monoisotopic (exact) mass is 298 g/mol. The van der Waals surface area contributed by atoms with Crippen LogP contribution in [0.25, 0.3) is 0 Å². The van der Waals surface area contributed by atoms with Crippen molar-refractivity contribution in [2.75, 3.05) is 26.2 Å². The minimum absolute atomic E-state index is 0.247. The summed E-state index contributed by atoms with van der Waals surface area (Å²) in [4.78, 5) is 2.34. The fourth-order valence-corrected chi connectivity index (χ4v) is 2.86. The Morgan fingerprint density at radius 3 is 2.95 bits per heavy atom. The zero-order valence-electron chi connectivity index (χ0n) is 12.3. The number of aliphatic hydroxyl groups is 1. The lowest BCUT2D eigenvalue weighted by molar-refractivity contribution is 0.157. The SMILES string of the molecule is OCC1CCCN1CCCCNCc1cc(F)ccc1F. The van der Waals surface area contributed by atoms with Crippen LogP contribution in [0.2, 0.25) is 0 Å². The standard InChI is InChI=1S/C16H24F2N2O/c17-14-5-6-16(18)13(10-14)11-19-7-1-2-8-20-9-3-4-15(20)12-21/h5-6,10,15,19,21H,1-4,7-9,11-12H2. The highest BCUT2D eigenvalue weighted by molar-refractivity contribution is 5.18. The van der Waals surface area contributed by atoms with Gasteiger partial charge in [0, 0.05) is 18.2 Å². The average molecular weight is 298 g/mol. The Kier molecular flexibility index (Phi) is 6.54. The first kappa shape index (κ1) is 16.3. The lowest BCUT2D eigenvalue weighted by atomic mass is 10.2. The summed E-state index contributed by atoms with van der Waals surface area (Å²) in [5, 5.41) is 12.4. The van der Waals surface area contributed by atoms with E-state index in [1.807, 2.05) is 0 Å². The zero-order chi connectivity index (χ0) is 15.1. The van der Waals surface area contributed by atoms with Gasteiger partial charge < -0.3 is 10.4 Å². The summed E-state index contributed by atoms with van der Waals surface area (Å²) >= 11 is 0. The van der Waals surface area contributed by atoms with Crippen LogP contribution in [-0.2, 0) is 6.54 Å². The number of aliphatic hydroxyl groups excluding tert-OH is 1. The number of hydrogen-bond acceptors (Lipinski definition) is 3. The molecule has 0 radical (unpaired) electrons. The van der Waals surface area contributed by atoms with Crippen molar-refractivity contribution in [3.63, 3.8) is 0 Å². The highest BCUT2D eigenvalue weighted by atomic mass is 19.1. The molecule has 1 unspecified atom stereocenters. The second-order valence-corrected chi connectivity index (χ2v) is 5.63. The van der Waals surface area contributed by atoms with Gasteiger partial charge in [0.25, 0.3) is 0 Å². The molecule has 0 aromatic heterocycles. The summed E-state index contributed by atoms with van der Waals surface area (Å²) in [6.45, 7) is 3.46. The minimum atomic E-state index is -0.405. The summed E-state index contributed by atoms with van der Waals surface area (Å²) in [6.07, 6.45) is 4.30. The molecule has 5 heteroatoms. The van der Waals surface area contributed by atoms with Gasteiger partial charge in [-0.1, -0.05) is 0 Å². The molecule has 1 saturated heterocycles. The number of benzene rings is 1. The molecule has 1 aromatic carbocycles. The van der Waals surface area contributed by atoms with E-state index in [4.69, 9.17) is 0 Å². The fourth-order valence-electron chi connectivity index (χ4n) is 2.86. The molecule has 1 aliphatic heterocycles. The molecule has 1 aromatic rings. The van der Waals surface area contributed by atoms with Crippen LogP contribution < -0.4 is 5.32 Å². The van der Waals surface area contributed by atoms with Crippen molar-refractivity contribution in [3.05, 3.63) is 35.4 Å². The predicted molar refractivity (Wildman–Crippen MR) is 79.0 cm³/mol. The van der Waals surface area contributed by atoms with E-state index in [-0.39, 0.29) is 12.4 Å². The van der Waals surface area contributed by atoms with Crippen molar-refractivity contribution in [1.29, 1.82) is 0 Å². The lowest BCUT2D eigenvalue weighted by Gasteiger charge is -2.22. The van der Waals surface area contributed by atoms with Crippen LogP contribution in [-0.4, -0.2) is 42.3 Å². The third-order valence-corrected chi connectivity index (χ3v) is 4.08. The van der Waals surface area contributed by atoms with Gasteiger partial charge in [-0.15, -0.1) is 0 Å². The van der Waals surface area contributed by atoms with Gasteiger partial charge in [0.1, 0.15) is 11.6 Å². The number of halogens is 2. The number of nitrogens with one attached hydrogen (secondary N) is 1. The Morgan fingerprint density at radius 1 is 1.29 bits per heavy atom. The normalized spacial score (nSPS) is 19.3. The average Bonchev–Trinajstić information content (AvgIpc) is 2.93. The van der Waals surface area contributed by atoms with Crippen molar-refractivity contribution < 1.29 is 13.9 Å². The van der Waals surface area contributed by atoms with Crippen LogP contribution in [0.4, 0.5) is 8.78 Å². The molecule has 1 aliphatic rings. The van der Waals surface area contributed by atoms with E-state index in [0.717, 1.165) is 51.0 Å². The van der Waals surface area contributed by atoms with E-state index < -0.39 is 5.82 Å². The van der Waals surface area contributed by atoms with Gasteiger partial charge in [0.2, 0.25) is 0 Å². The second-order valence-electron chi connectivity index (χ2n) is 5.63. The first-order chi connectivity index (χ1) is 10.2. The number of nitrogens with zero attached hydrogens (tertiary/aromatic N) is 1. The first-order valence-electron chi connectivity index (χ1n) is 7.70. The summed E-state index contributed by atoms with van der Waals surface area (Å²) in [5.41, 5.74) is 0.370. The smallest absolute Gasteiger partial charge is 0.127 e. The van der Waals surface area contributed by atoms with E-state index in [2.05, 4.69) is 10.2 Å². The molecule has 1 fully saturated rings. The molecule has 0 aliphatic carbocycles. The van der Waals surface area contributed by atoms with E-state index in [0.29, 0.717) is 18.2 Å². The lowest BCUT2D eigenvalue weighted by Crippen LogP contribution is -2.33. The minimum Gasteiger partial charge on any atom is -0.395 e. The van der Waals surface area contributed by atoms with Gasteiger partial charge >= 0.3 is 0 Å². The third-order valence-electron chi connectivity index (χ3n) is 4.08. The van der Waals surface area contributed by atoms with Crippen LogP contribution in [0.3, 0.4) is 0 Å². The van der Waals surface area contributed by atoms with Gasteiger partial charge in [0.15, 0.2) is 0 Å². The zero-order valence-corrected chi connectivity index (χ0v) is 12.3. The van der Waals surface area contributed by atoms with Crippen LogP contribution in [0.1, 0.15) is 31.2 Å². The molecular weight excluding hydrogens is 274 g/mol. The summed E-state index contributed by atoms with van der Waals surface area (Å²) in [5.74, 6) is -0.774. The maximum atomic E-state index is 13.4. The maximum absolute atomic E-state index is 13.4. The van der Waals surface area contributed by atoms with Gasteiger partial charge in [-0.3, -0.25) is 4.90 Å². The van der Waals surface area contributed by atoms with Gasteiger partial charge in [-0.05, 0) is 63.5 Å². The molecule has 2 rings (SSSR count). The van der Waals surface area contributed by atoms with Crippen LogP contribution in [0.15, 0.2) is 18.2 Å². The molecule has 118 valence electrons. The number of likely N-dealkylation sites (tertiary alicyclic amines) is 1. The maximum Gasteiger partial charge on any atom is 0.127 e. The molecule has 0 bridgehead atoms. The molecule has 3 nitrogen and oxygen atoms in total. The van der Waals surface area contributed by atoms with Gasteiger partial charge in [0.05, 0.1) is 6.61 Å². The molecule has 0 spiro atoms. The number of hydrogen-bond donors (Lipinski definition) is 2. The van der Waals surface area contributed by atoms with E-state index in [1.165, 1.54) is 12.5 Å². The quantitative estimate of drug-likeness (QED) is 0.723. The molecule has 21 heavy (non-hydrogen) atoms. The van der Waals surface area contributed by atoms with Crippen molar-refractivity contribution >= 4 is 0 Å². The second kappa shape index (κ2) is 8.41. The Hall–Kier alpha value is -1.04. The van der Waals surface area contributed by atoms with Crippen LogP contribution in [0.5, 0.6) is 0 Å². The molecule has 0 amide bonds. The van der Waals surface area contributed by atoms with Crippen molar-refractivity contribution in [2.45, 2.75) is 38.3 Å². The Balaban J connectivity index is 1.59. The summed E-state index contributed by atoms with van der Waals surface area (Å²) < 4.78 is 26.4. The Bertz CT molecular complexity index is 442. The fraction of sp³-hybridized carbons (Fsp3) is 0.625. The topological polar surface area (TPSA) is 35.5 Å². The summed E-state index contributed by atoms with van der Waals surface area (Å²) in [7, 11) is 0. The number of rotatable bonds is 8. The molecule has 1 atom stereocenters. The number of unbranched alkanes of at least 4 members (excludes halogenated alkanes) is 1. The Labute approximate surface area is 125 Å². The van der Waals surface area contributed by atoms with Crippen molar-refractivity contribution in [3.8, 4) is 0 Å². The van der Waals surface area contributed by atoms with E-state index in [9.17, 15) is 13.9 Å². The van der Waals surface area contributed by atoms with Gasteiger partial charge in [-0.2, -0.15) is 0 Å². The molecule has 1 heterocycles. The highest BCUT2D eigenvalue weighted by Crippen LogP contribution is 2.16. The van der Waals surface area contributed by atoms with E-state index in [1.54, 1.807) is 0 Å².